The maximum Gasteiger partial charge on any atom is 0.416 e. The molecule has 1 unspecified atom stereocenters. The molecule has 1 aliphatic heterocycles. The molecule has 0 aliphatic carbocycles. The van der Waals surface area contributed by atoms with Crippen LogP contribution >= 0.6 is 0 Å². The molecule has 1 aliphatic rings. The Morgan fingerprint density at radius 1 is 1.22 bits per heavy atom. The molecule has 1 atom stereocenters. The van der Waals surface area contributed by atoms with Crippen LogP contribution in [-0.2, 0) is 39.9 Å². The molecule has 36 heavy (non-hydrogen) atoms. The first-order chi connectivity index (χ1) is 17.3. The van der Waals surface area contributed by atoms with Crippen molar-refractivity contribution < 1.29 is 27.4 Å². The number of unbranched alkanes of at least 4 members (excludes halogenated alkanes) is 2. The second-order valence-corrected chi connectivity index (χ2v) is 9.20. The van der Waals surface area contributed by atoms with Gasteiger partial charge in [0, 0.05) is 30.2 Å². The monoisotopic (exact) mass is 507 g/mol. The lowest BCUT2D eigenvalue weighted by atomic mass is 9.92. The van der Waals surface area contributed by atoms with Crippen molar-refractivity contribution in [2.45, 2.75) is 90.5 Å². The van der Waals surface area contributed by atoms with Crippen molar-refractivity contribution in [3.63, 3.8) is 0 Å². The predicted octanol–water partition coefficient (Wildman–Crippen LogP) is 6.50. The summed E-state index contributed by atoms with van der Waals surface area (Å²) in [6, 6.07) is 3.87. The van der Waals surface area contributed by atoms with Gasteiger partial charge in [0.1, 0.15) is 0 Å². The normalized spacial score (nSPS) is 14.6. The minimum atomic E-state index is -4.45. The Morgan fingerprint density at radius 3 is 2.72 bits per heavy atom. The van der Waals surface area contributed by atoms with Crippen LogP contribution in [0.2, 0.25) is 0 Å². The van der Waals surface area contributed by atoms with Crippen LogP contribution in [0.4, 0.5) is 19.0 Å². The number of fused-ring (bicyclic) bond motifs is 3. The highest BCUT2D eigenvalue weighted by molar-refractivity contribution is 5.73. The number of benzene rings is 1. The summed E-state index contributed by atoms with van der Waals surface area (Å²) in [5.41, 5.74) is 2.59. The van der Waals surface area contributed by atoms with Crippen molar-refractivity contribution in [2.24, 2.45) is 0 Å². The number of hydrogen-bond donors (Lipinski definition) is 1. The maximum atomic E-state index is 13.4. The molecule has 1 aromatic heterocycles. The van der Waals surface area contributed by atoms with Crippen molar-refractivity contribution in [3.05, 3.63) is 40.5 Å². The number of anilines is 1. The highest BCUT2D eigenvalue weighted by atomic mass is 19.4. The lowest BCUT2D eigenvalue weighted by molar-refractivity contribution is -0.140. The number of halogens is 3. The van der Waals surface area contributed by atoms with Gasteiger partial charge in [-0.25, -0.2) is 0 Å². The molecular formula is C27H36F3N3O3. The van der Waals surface area contributed by atoms with E-state index in [0.717, 1.165) is 55.4 Å². The fourth-order valence-electron chi connectivity index (χ4n) is 4.57. The number of alkyl halides is 3. The van der Waals surface area contributed by atoms with E-state index in [2.05, 4.69) is 29.4 Å². The smallest absolute Gasteiger partial charge is 0.416 e. The van der Waals surface area contributed by atoms with Gasteiger partial charge in [0.25, 0.3) is 0 Å². The van der Waals surface area contributed by atoms with Crippen LogP contribution in [0.15, 0.2) is 18.2 Å². The first kappa shape index (κ1) is 27.9. The maximum absolute atomic E-state index is 13.4. The molecule has 0 radical (unpaired) electrons. The SMILES string of the molecule is CCCCCC(CC)Nc1nnc2c(c1CCC(=O)OC)CCCOCc1cc(C(F)(F)F)ccc1-2. The number of ether oxygens (including phenoxy) is 2. The van der Waals surface area contributed by atoms with E-state index >= 15 is 0 Å². The molecule has 1 aromatic carbocycles. The molecular weight excluding hydrogens is 471 g/mol. The highest BCUT2D eigenvalue weighted by Crippen LogP contribution is 2.37. The summed E-state index contributed by atoms with van der Waals surface area (Å²) in [6.45, 7) is 4.76. The molecule has 0 spiro atoms. The molecule has 6 nitrogen and oxygen atoms in total. The van der Waals surface area contributed by atoms with E-state index in [1.807, 2.05) is 0 Å². The Hall–Kier alpha value is -2.68. The van der Waals surface area contributed by atoms with E-state index in [-0.39, 0.29) is 25.0 Å². The Kier molecular flexibility index (Phi) is 10.1. The summed E-state index contributed by atoms with van der Waals surface area (Å²) in [4.78, 5) is 12.0. The Morgan fingerprint density at radius 2 is 2.03 bits per heavy atom. The van der Waals surface area contributed by atoms with Crippen LogP contribution in [0, 0.1) is 0 Å². The summed E-state index contributed by atoms with van der Waals surface area (Å²) in [7, 11) is 1.35. The molecule has 0 saturated heterocycles. The zero-order chi connectivity index (χ0) is 26.1. The minimum absolute atomic E-state index is 0.0627. The Labute approximate surface area is 211 Å². The standard InChI is InChI=1S/C27H36F3N3O3/c1-4-6-7-9-20(5-2)31-26-23(13-14-24(34)35-3)22-10-8-15-36-17-18-16-19(27(28,29)30)11-12-21(18)25(22)32-33-26/h11-12,16,20H,4-10,13-15,17H2,1-3H3,(H,31,33). The van der Waals surface area contributed by atoms with Crippen molar-refractivity contribution >= 4 is 11.8 Å². The van der Waals surface area contributed by atoms with E-state index in [1.54, 1.807) is 0 Å². The quantitative estimate of drug-likeness (QED) is 0.292. The first-order valence-electron chi connectivity index (χ1n) is 12.8. The average molecular weight is 508 g/mol. The van der Waals surface area contributed by atoms with Gasteiger partial charge in [0.15, 0.2) is 5.82 Å². The van der Waals surface area contributed by atoms with Gasteiger partial charge in [0.05, 0.1) is 25.0 Å². The lowest BCUT2D eigenvalue weighted by Gasteiger charge is -2.22. The minimum Gasteiger partial charge on any atom is -0.469 e. The van der Waals surface area contributed by atoms with E-state index in [0.29, 0.717) is 48.5 Å². The van der Waals surface area contributed by atoms with Gasteiger partial charge in [-0.3, -0.25) is 4.79 Å². The number of rotatable bonds is 10. The summed E-state index contributed by atoms with van der Waals surface area (Å²) < 4.78 is 50.7. The van der Waals surface area contributed by atoms with E-state index in [4.69, 9.17) is 9.47 Å². The third kappa shape index (κ3) is 7.18. The molecule has 2 aromatic rings. The number of carbonyl (C=O) groups excluding carboxylic acids is 1. The van der Waals surface area contributed by atoms with Crippen LogP contribution in [0.25, 0.3) is 11.3 Å². The van der Waals surface area contributed by atoms with Crippen LogP contribution in [-0.4, -0.2) is 35.9 Å². The number of esters is 1. The summed E-state index contributed by atoms with van der Waals surface area (Å²) in [5, 5.41) is 12.6. The Bertz CT molecular complexity index is 1030. The van der Waals surface area contributed by atoms with Crippen molar-refractivity contribution in [1.29, 1.82) is 0 Å². The van der Waals surface area contributed by atoms with Crippen LogP contribution in [0.5, 0.6) is 0 Å². The van der Waals surface area contributed by atoms with Gasteiger partial charge in [-0.2, -0.15) is 13.2 Å². The highest BCUT2D eigenvalue weighted by Gasteiger charge is 2.32. The number of aromatic nitrogens is 2. The molecule has 9 heteroatoms. The second kappa shape index (κ2) is 13.0. The van der Waals surface area contributed by atoms with E-state index < -0.39 is 11.7 Å². The zero-order valence-corrected chi connectivity index (χ0v) is 21.3. The topological polar surface area (TPSA) is 73.3 Å². The van der Waals surface area contributed by atoms with Crippen molar-refractivity contribution in [2.75, 3.05) is 19.0 Å². The molecule has 0 bridgehead atoms. The molecule has 0 saturated carbocycles. The van der Waals surface area contributed by atoms with E-state index in [9.17, 15) is 18.0 Å². The molecule has 1 N–H and O–H groups in total. The number of nitrogens with one attached hydrogen (secondary N) is 1. The van der Waals surface area contributed by atoms with Gasteiger partial charge in [0.2, 0.25) is 0 Å². The molecule has 0 amide bonds. The second-order valence-electron chi connectivity index (χ2n) is 9.20. The average Bonchev–Trinajstić information content (AvgIpc) is 2.95. The van der Waals surface area contributed by atoms with Gasteiger partial charge >= 0.3 is 12.1 Å². The van der Waals surface area contributed by atoms with Gasteiger partial charge < -0.3 is 14.8 Å². The number of methoxy groups -OCH3 is 1. The van der Waals surface area contributed by atoms with Gasteiger partial charge in [-0.15, -0.1) is 10.2 Å². The van der Waals surface area contributed by atoms with Crippen LogP contribution < -0.4 is 5.32 Å². The van der Waals surface area contributed by atoms with Crippen molar-refractivity contribution in [3.8, 4) is 11.3 Å². The Balaban J connectivity index is 2.08. The summed E-state index contributed by atoms with van der Waals surface area (Å²) >= 11 is 0. The number of nitrogens with zero attached hydrogens (tertiary/aromatic N) is 2. The van der Waals surface area contributed by atoms with Crippen LogP contribution in [0.1, 0.15) is 81.0 Å². The number of hydrogen-bond acceptors (Lipinski definition) is 6. The molecule has 3 rings (SSSR count). The third-order valence-corrected chi connectivity index (χ3v) is 6.64. The summed E-state index contributed by atoms with van der Waals surface area (Å²) in [5.74, 6) is 0.303. The lowest BCUT2D eigenvalue weighted by Crippen LogP contribution is -2.22. The van der Waals surface area contributed by atoms with Crippen molar-refractivity contribution in [1.82, 2.24) is 10.2 Å². The largest absolute Gasteiger partial charge is 0.469 e. The fraction of sp³-hybridized carbons (Fsp3) is 0.593. The molecule has 0 fully saturated rings. The number of carbonyl (C=O) groups is 1. The fourth-order valence-corrected chi connectivity index (χ4v) is 4.57. The predicted molar refractivity (Wildman–Crippen MR) is 133 cm³/mol. The zero-order valence-electron chi connectivity index (χ0n) is 21.3. The van der Waals surface area contributed by atoms with E-state index in [1.165, 1.54) is 13.2 Å². The molecule has 2 heterocycles. The summed E-state index contributed by atoms with van der Waals surface area (Å²) in [6.07, 6.45) is 2.71. The van der Waals surface area contributed by atoms with Crippen LogP contribution in [0.3, 0.4) is 0 Å². The van der Waals surface area contributed by atoms with Gasteiger partial charge in [-0.05, 0) is 55.4 Å². The molecule has 198 valence electrons. The first-order valence-corrected chi connectivity index (χ1v) is 12.8. The van der Waals surface area contributed by atoms with Gasteiger partial charge in [-0.1, -0.05) is 39.2 Å². The third-order valence-electron chi connectivity index (χ3n) is 6.64.